The van der Waals surface area contributed by atoms with Gasteiger partial charge in [0.05, 0.1) is 10.2 Å². The van der Waals surface area contributed by atoms with Gasteiger partial charge in [-0.15, -0.1) is 0 Å². The highest BCUT2D eigenvalue weighted by Gasteiger charge is 2.30. The first-order valence-electron chi connectivity index (χ1n) is 3.40. The molecule has 2 nitrogen and oxygen atoms in total. The minimum absolute atomic E-state index is 0.649. The summed E-state index contributed by atoms with van der Waals surface area (Å²) in [6, 6.07) is 0. The Morgan fingerprint density at radius 2 is 2.30 bits per heavy atom. The molecular formula is C7H8BrNO. The Labute approximate surface area is 67.7 Å². The van der Waals surface area contributed by atoms with Crippen molar-refractivity contribution in [2.24, 2.45) is 0 Å². The number of hydrogen-bond donors (Lipinski definition) is 0. The first-order valence-corrected chi connectivity index (χ1v) is 4.20. The lowest BCUT2D eigenvalue weighted by Crippen LogP contribution is -1.73. The van der Waals surface area contributed by atoms with E-state index >= 15 is 0 Å². The van der Waals surface area contributed by atoms with Crippen LogP contribution in [-0.4, -0.2) is 5.16 Å². The number of hydrogen-bond acceptors (Lipinski definition) is 2. The van der Waals surface area contributed by atoms with Crippen molar-refractivity contribution in [1.29, 1.82) is 0 Å². The maximum absolute atomic E-state index is 5.12. The van der Waals surface area contributed by atoms with Crippen LogP contribution in [0.3, 0.4) is 0 Å². The van der Waals surface area contributed by atoms with Gasteiger partial charge in [-0.25, -0.2) is 0 Å². The van der Waals surface area contributed by atoms with Gasteiger partial charge in [-0.3, -0.25) is 0 Å². The van der Waals surface area contributed by atoms with Gasteiger partial charge in [-0.05, 0) is 35.7 Å². The summed E-state index contributed by atoms with van der Waals surface area (Å²) in [5, 5.41) is 3.86. The van der Waals surface area contributed by atoms with Crippen LogP contribution in [-0.2, 0) is 0 Å². The standard InChI is InChI=1S/C7H8BrNO/c1-4-6(8)7(10-9-4)5-2-3-5/h5H,2-3H2,1H3. The fourth-order valence-electron chi connectivity index (χ4n) is 0.975. The molecule has 2 rings (SSSR count). The lowest BCUT2D eigenvalue weighted by atomic mass is 10.3. The van der Waals surface area contributed by atoms with E-state index in [9.17, 15) is 0 Å². The van der Waals surface area contributed by atoms with Crippen molar-refractivity contribution >= 4 is 15.9 Å². The molecule has 1 heterocycles. The van der Waals surface area contributed by atoms with E-state index in [1.54, 1.807) is 0 Å². The predicted molar refractivity (Wildman–Crippen MR) is 40.9 cm³/mol. The Morgan fingerprint density at radius 3 is 2.70 bits per heavy atom. The van der Waals surface area contributed by atoms with Gasteiger partial charge in [0.1, 0.15) is 0 Å². The second-order valence-electron chi connectivity index (χ2n) is 2.72. The SMILES string of the molecule is Cc1noc(C2CC2)c1Br. The molecule has 3 heteroatoms. The van der Waals surface area contributed by atoms with Crippen LogP contribution >= 0.6 is 15.9 Å². The summed E-state index contributed by atoms with van der Waals surface area (Å²) in [5.41, 5.74) is 0.960. The van der Waals surface area contributed by atoms with E-state index in [2.05, 4.69) is 21.1 Å². The fourth-order valence-corrected chi connectivity index (χ4v) is 1.44. The van der Waals surface area contributed by atoms with E-state index in [1.165, 1.54) is 12.8 Å². The predicted octanol–water partition coefficient (Wildman–Crippen LogP) is 2.62. The zero-order valence-electron chi connectivity index (χ0n) is 5.72. The molecule has 1 fully saturated rings. The average Bonchev–Trinajstić information content (AvgIpc) is 2.67. The summed E-state index contributed by atoms with van der Waals surface area (Å²) in [7, 11) is 0. The third-order valence-electron chi connectivity index (χ3n) is 1.76. The van der Waals surface area contributed by atoms with Crippen LogP contribution in [0.2, 0.25) is 0 Å². The van der Waals surface area contributed by atoms with Crippen molar-refractivity contribution in [1.82, 2.24) is 5.16 Å². The highest BCUT2D eigenvalue weighted by molar-refractivity contribution is 9.10. The fraction of sp³-hybridized carbons (Fsp3) is 0.571. The number of halogens is 1. The third-order valence-corrected chi connectivity index (χ3v) is 2.73. The van der Waals surface area contributed by atoms with Gasteiger partial charge in [0.2, 0.25) is 0 Å². The molecule has 10 heavy (non-hydrogen) atoms. The van der Waals surface area contributed by atoms with Crippen LogP contribution in [0.1, 0.15) is 30.2 Å². The molecule has 0 N–H and O–H groups in total. The van der Waals surface area contributed by atoms with Gasteiger partial charge in [0.25, 0.3) is 0 Å². The van der Waals surface area contributed by atoms with E-state index < -0.39 is 0 Å². The van der Waals surface area contributed by atoms with E-state index in [-0.39, 0.29) is 0 Å². The Kier molecular flexibility index (Phi) is 1.34. The van der Waals surface area contributed by atoms with Crippen LogP contribution in [0.25, 0.3) is 0 Å². The molecule has 0 unspecified atom stereocenters. The largest absolute Gasteiger partial charge is 0.360 e. The molecule has 1 saturated carbocycles. The second-order valence-corrected chi connectivity index (χ2v) is 3.51. The average molecular weight is 202 g/mol. The highest BCUT2D eigenvalue weighted by Crippen LogP contribution is 2.43. The van der Waals surface area contributed by atoms with Gasteiger partial charge in [-0.2, -0.15) is 0 Å². The maximum Gasteiger partial charge on any atom is 0.154 e. The summed E-state index contributed by atoms with van der Waals surface area (Å²) < 4.78 is 6.19. The van der Waals surface area contributed by atoms with Crippen molar-refractivity contribution in [2.45, 2.75) is 25.7 Å². The van der Waals surface area contributed by atoms with E-state index in [0.29, 0.717) is 5.92 Å². The quantitative estimate of drug-likeness (QED) is 0.699. The number of aryl methyl sites for hydroxylation is 1. The lowest BCUT2D eigenvalue weighted by molar-refractivity contribution is 0.380. The molecule has 54 valence electrons. The molecule has 1 aliphatic rings. The van der Waals surface area contributed by atoms with Crippen LogP contribution in [0.15, 0.2) is 9.00 Å². The Hall–Kier alpha value is -0.310. The van der Waals surface area contributed by atoms with Crippen molar-refractivity contribution in [2.75, 3.05) is 0 Å². The lowest BCUT2D eigenvalue weighted by Gasteiger charge is -1.86. The van der Waals surface area contributed by atoms with Crippen molar-refractivity contribution in [3.05, 3.63) is 15.9 Å². The monoisotopic (exact) mass is 201 g/mol. The van der Waals surface area contributed by atoms with Gasteiger partial charge >= 0.3 is 0 Å². The summed E-state index contributed by atoms with van der Waals surface area (Å²) in [4.78, 5) is 0. The van der Waals surface area contributed by atoms with E-state index in [1.807, 2.05) is 6.92 Å². The highest BCUT2D eigenvalue weighted by atomic mass is 79.9. The first-order chi connectivity index (χ1) is 4.79. The number of nitrogens with zero attached hydrogens (tertiary/aromatic N) is 1. The van der Waals surface area contributed by atoms with E-state index in [4.69, 9.17) is 4.52 Å². The topological polar surface area (TPSA) is 26.0 Å². The molecule has 0 saturated heterocycles. The van der Waals surface area contributed by atoms with Crippen LogP contribution in [0.4, 0.5) is 0 Å². The summed E-state index contributed by atoms with van der Waals surface area (Å²) >= 11 is 3.43. The molecule has 0 spiro atoms. The van der Waals surface area contributed by atoms with E-state index in [0.717, 1.165) is 15.9 Å². The molecule has 0 radical (unpaired) electrons. The molecule has 0 bridgehead atoms. The van der Waals surface area contributed by atoms with Crippen LogP contribution in [0, 0.1) is 6.92 Å². The molecule has 1 aliphatic carbocycles. The number of aromatic nitrogens is 1. The van der Waals surface area contributed by atoms with Crippen molar-refractivity contribution < 1.29 is 4.52 Å². The zero-order valence-corrected chi connectivity index (χ0v) is 7.31. The molecular weight excluding hydrogens is 194 g/mol. The Bertz CT molecular complexity index is 252. The minimum Gasteiger partial charge on any atom is -0.360 e. The molecule has 0 amide bonds. The van der Waals surface area contributed by atoms with Crippen LogP contribution in [0.5, 0.6) is 0 Å². The smallest absolute Gasteiger partial charge is 0.154 e. The van der Waals surface area contributed by atoms with Gasteiger partial charge in [0, 0.05) is 5.92 Å². The molecule has 1 aromatic rings. The maximum atomic E-state index is 5.12. The molecule has 0 aliphatic heterocycles. The van der Waals surface area contributed by atoms with Gasteiger partial charge in [0.15, 0.2) is 5.76 Å². The second kappa shape index (κ2) is 2.09. The Morgan fingerprint density at radius 1 is 1.60 bits per heavy atom. The minimum atomic E-state index is 0.649. The van der Waals surface area contributed by atoms with Crippen LogP contribution < -0.4 is 0 Å². The molecule has 0 atom stereocenters. The summed E-state index contributed by atoms with van der Waals surface area (Å²) in [6.07, 6.45) is 2.51. The molecule has 1 aromatic heterocycles. The van der Waals surface area contributed by atoms with Gasteiger partial charge < -0.3 is 4.52 Å². The summed E-state index contributed by atoms with van der Waals surface area (Å²) in [6.45, 7) is 1.94. The van der Waals surface area contributed by atoms with Gasteiger partial charge in [-0.1, -0.05) is 5.16 Å². The molecule has 0 aromatic carbocycles. The number of rotatable bonds is 1. The first kappa shape index (κ1) is 6.40. The Balaban J connectivity index is 2.40. The third kappa shape index (κ3) is 0.888. The van der Waals surface area contributed by atoms with Crippen molar-refractivity contribution in [3.8, 4) is 0 Å². The zero-order chi connectivity index (χ0) is 7.14. The normalized spacial score (nSPS) is 17.8. The van der Waals surface area contributed by atoms with Crippen molar-refractivity contribution in [3.63, 3.8) is 0 Å². The summed E-state index contributed by atoms with van der Waals surface area (Å²) in [5.74, 6) is 1.69.